The van der Waals surface area contributed by atoms with Crippen LogP contribution in [0.25, 0.3) is 10.9 Å². The molecule has 4 rings (SSSR count). The molecule has 0 saturated carbocycles. The summed E-state index contributed by atoms with van der Waals surface area (Å²) in [4.78, 5) is 33.4. The van der Waals surface area contributed by atoms with Gasteiger partial charge < -0.3 is 14.8 Å². The van der Waals surface area contributed by atoms with Crippen LogP contribution < -0.4 is 0 Å². The normalized spacial score (nSPS) is 11.0. The molecule has 4 aromatic rings. The van der Waals surface area contributed by atoms with E-state index in [1.807, 2.05) is 37.4 Å². The summed E-state index contributed by atoms with van der Waals surface area (Å²) >= 11 is 12.1. The maximum atomic E-state index is 13.6. The van der Waals surface area contributed by atoms with Crippen LogP contribution >= 0.6 is 23.2 Å². The number of H-pyrrole nitrogens is 1. The summed E-state index contributed by atoms with van der Waals surface area (Å²) in [5, 5.41) is 1.75. The van der Waals surface area contributed by atoms with E-state index < -0.39 is 0 Å². The number of hydrogen-bond donors (Lipinski definition) is 1. The van der Waals surface area contributed by atoms with Gasteiger partial charge in [0.2, 0.25) is 5.91 Å². The van der Waals surface area contributed by atoms with Crippen LogP contribution in [0, 0.1) is 5.82 Å². The topological polar surface area (TPSA) is 56.4 Å². The Morgan fingerprint density at radius 2 is 1.68 bits per heavy atom. The fourth-order valence-electron chi connectivity index (χ4n) is 4.29. The van der Waals surface area contributed by atoms with E-state index in [9.17, 15) is 14.0 Å². The molecule has 0 radical (unpaired) electrons. The second-order valence-corrected chi connectivity index (χ2v) is 9.72. The van der Waals surface area contributed by atoms with Crippen molar-refractivity contribution in [3.05, 3.63) is 105 Å². The molecule has 0 aliphatic carbocycles. The smallest absolute Gasteiger partial charge is 0.254 e. The number of carbonyl (C=O) groups excluding carboxylic acids is 2. The first-order chi connectivity index (χ1) is 17.9. The van der Waals surface area contributed by atoms with Gasteiger partial charge in [-0.1, -0.05) is 60.5 Å². The average Bonchev–Trinajstić information content (AvgIpc) is 3.31. The number of aromatic nitrogens is 1. The molecule has 3 aromatic carbocycles. The van der Waals surface area contributed by atoms with Crippen LogP contribution in [-0.4, -0.2) is 46.2 Å². The highest BCUT2D eigenvalue weighted by atomic mass is 35.5. The third-order valence-electron chi connectivity index (χ3n) is 6.24. The number of nitrogens with one attached hydrogen (secondary N) is 1. The number of fused-ring (bicyclic) bond motifs is 1. The van der Waals surface area contributed by atoms with Crippen molar-refractivity contribution in [2.24, 2.45) is 0 Å². The number of carbonyl (C=O) groups is 2. The molecule has 0 aliphatic rings. The summed E-state index contributed by atoms with van der Waals surface area (Å²) in [7, 11) is 0. The maximum Gasteiger partial charge on any atom is 0.254 e. The van der Waals surface area contributed by atoms with Gasteiger partial charge in [-0.2, -0.15) is 0 Å². The average molecular weight is 540 g/mol. The molecule has 0 aliphatic heterocycles. The largest absolute Gasteiger partial charge is 0.361 e. The third-order valence-corrected chi connectivity index (χ3v) is 6.98. The van der Waals surface area contributed by atoms with Gasteiger partial charge in [0, 0.05) is 42.3 Å². The van der Waals surface area contributed by atoms with E-state index >= 15 is 0 Å². The lowest BCUT2D eigenvalue weighted by atomic mass is 10.1. The molecule has 8 heteroatoms. The fraction of sp³-hybridized carbons (Fsp3) is 0.241. The highest BCUT2D eigenvalue weighted by molar-refractivity contribution is 6.42. The molecule has 0 spiro atoms. The second kappa shape index (κ2) is 12.3. The molecular formula is C29H28Cl2FN3O2. The minimum absolute atomic E-state index is 0.0814. The molecule has 1 heterocycles. The monoisotopic (exact) mass is 539 g/mol. The zero-order chi connectivity index (χ0) is 26.4. The first-order valence-electron chi connectivity index (χ1n) is 12.2. The Kier molecular flexibility index (Phi) is 8.85. The number of nitrogens with zero attached hydrogens (tertiary/aromatic N) is 2. The SMILES string of the molecule is CCCN(CC(=O)N(CCc1c[nH]c2ccccc12)Cc1ccc(F)cc1)C(=O)c1ccc(Cl)c(Cl)c1. The Labute approximate surface area is 225 Å². The standard InChI is InChI=1S/C29H28Cl2FN3O2/c1-2-14-35(29(37)21-9-12-25(30)26(31)16-21)19-28(36)34(18-20-7-10-23(32)11-8-20)15-13-22-17-33-27-6-4-3-5-24(22)27/h3-12,16-17,33H,2,13-15,18-19H2,1H3. The van der Waals surface area contributed by atoms with Crippen molar-refractivity contribution in [2.75, 3.05) is 19.6 Å². The Morgan fingerprint density at radius 1 is 0.919 bits per heavy atom. The van der Waals surface area contributed by atoms with E-state index in [2.05, 4.69) is 4.98 Å². The lowest BCUT2D eigenvalue weighted by molar-refractivity contribution is -0.132. The van der Waals surface area contributed by atoms with E-state index in [0.29, 0.717) is 43.1 Å². The van der Waals surface area contributed by atoms with Gasteiger partial charge in [-0.05, 0) is 60.4 Å². The van der Waals surface area contributed by atoms with Gasteiger partial charge in [-0.3, -0.25) is 9.59 Å². The number of benzene rings is 3. The molecule has 1 N–H and O–H groups in total. The zero-order valence-electron chi connectivity index (χ0n) is 20.5. The van der Waals surface area contributed by atoms with Crippen molar-refractivity contribution in [1.29, 1.82) is 0 Å². The van der Waals surface area contributed by atoms with Crippen molar-refractivity contribution in [2.45, 2.75) is 26.3 Å². The molecule has 37 heavy (non-hydrogen) atoms. The summed E-state index contributed by atoms with van der Waals surface area (Å²) in [6, 6.07) is 18.8. The van der Waals surface area contributed by atoms with E-state index in [-0.39, 0.29) is 29.2 Å². The van der Waals surface area contributed by atoms with Gasteiger partial charge in [-0.15, -0.1) is 0 Å². The Balaban J connectivity index is 1.54. The van der Waals surface area contributed by atoms with Crippen molar-refractivity contribution >= 4 is 45.9 Å². The van der Waals surface area contributed by atoms with Crippen LogP contribution in [-0.2, 0) is 17.8 Å². The number of hydrogen-bond acceptors (Lipinski definition) is 2. The summed E-state index contributed by atoms with van der Waals surface area (Å²) in [5.74, 6) is -0.806. The molecule has 2 amide bonds. The minimum Gasteiger partial charge on any atom is -0.361 e. The van der Waals surface area contributed by atoms with Crippen LogP contribution in [0.2, 0.25) is 10.0 Å². The quantitative estimate of drug-likeness (QED) is 0.242. The van der Waals surface area contributed by atoms with Gasteiger partial charge in [0.25, 0.3) is 5.91 Å². The van der Waals surface area contributed by atoms with E-state index in [1.165, 1.54) is 23.1 Å². The van der Waals surface area contributed by atoms with Crippen LogP contribution in [0.4, 0.5) is 4.39 Å². The van der Waals surface area contributed by atoms with Crippen LogP contribution in [0.3, 0.4) is 0 Å². The molecule has 1 aromatic heterocycles. The summed E-state index contributed by atoms with van der Waals surface area (Å²) < 4.78 is 13.5. The molecule has 0 bridgehead atoms. The summed E-state index contributed by atoms with van der Waals surface area (Å²) in [6.45, 7) is 3.04. The summed E-state index contributed by atoms with van der Waals surface area (Å²) in [5.41, 5.74) is 3.33. The Morgan fingerprint density at radius 3 is 2.41 bits per heavy atom. The molecule has 0 unspecified atom stereocenters. The summed E-state index contributed by atoms with van der Waals surface area (Å²) in [6.07, 6.45) is 3.28. The minimum atomic E-state index is -0.332. The predicted molar refractivity (Wildman–Crippen MR) is 146 cm³/mol. The lowest BCUT2D eigenvalue weighted by Crippen LogP contribution is -2.43. The van der Waals surface area contributed by atoms with Crippen molar-refractivity contribution in [3.63, 3.8) is 0 Å². The van der Waals surface area contributed by atoms with Crippen LogP contribution in [0.1, 0.15) is 34.8 Å². The van der Waals surface area contributed by atoms with Crippen molar-refractivity contribution < 1.29 is 14.0 Å². The zero-order valence-corrected chi connectivity index (χ0v) is 22.0. The molecular weight excluding hydrogens is 512 g/mol. The van der Waals surface area contributed by atoms with Gasteiger partial charge in [0.05, 0.1) is 10.0 Å². The second-order valence-electron chi connectivity index (χ2n) is 8.91. The van der Waals surface area contributed by atoms with E-state index in [4.69, 9.17) is 23.2 Å². The van der Waals surface area contributed by atoms with Crippen molar-refractivity contribution in [3.8, 4) is 0 Å². The number of halogens is 3. The maximum absolute atomic E-state index is 13.6. The molecule has 0 saturated heterocycles. The van der Waals surface area contributed by atoms with E-state index in [1.54, 1.807) is 29.2 Å². The molecule has 0 atom stereocenters. The fourth-order valence-corrected chi connectivity index (χ4v) is 4.59. The van der Waals surface area contributed by atoms with Gasteiger partial charge in [0.15, 0.2) is 0 Å². The number of aromatic amines is 1. The number of amides is 2. The first-order valence-corrected chi connectivity index (χ1v) is 12.9. The molecule has 0 fully saturated rings. The highest BCUT2D eigenvalue weighted by Gasteiger charge is 2.23. The predicted octanol–water partition coefficient (Wildman–Crippen LogP) is 6.74. The number of para-hydroxylation sites is 1. The first kappa shape index (κ1) is 26.7. The third kappa shape index (κ3) is 6.70. The molecule has 5 nitrogen and oxygen atoms in total. The lowest BCUT2D eigenvalue weighted by Gasteiger charge is -2.28. The Bertz CT molecular complexity index is 1390. The molecule has 192 valence electrons. The van der Waals surface area contributed by atoms with Crippen molar-refractivity contribution in [1.82, 2.24) is 14.8 Å². The number of rotatable bonds is 10. The van der Waals surface area contributed by atoms with Gasteiger partial charge >= 0.3 is 0 Å². The Hall–Kier alpha value is -3.35. The van der Waals surface area contributed by atoms with E-state index in [0.717, 1.165) is 22.0 Å². The highest BCUT2D eigenvalue weighted by Crippen LogP contribution is 2.24. The van der Waals surface area contributed by atoms with Crippen LogP contribution in [0.15, 0.2) is 72.9 Å². The van der Waals surface area contributed by atoms with Gasteiger partial charge in [-0.25, -0.2) is 4.39 Å². The van der Waals surface area contributed by atoms with Gasteiger partial charge in [0.1, 0.15) is 12.4 Å². The van der Waals surface area contributed by atoms with Crippen LogP contribution in [0.5, 0.6) is 0 Å².